The Morgan fingerprint density at radius 3 is 2.52 bits per heavy atom. The van der Waals surface area contributed by atoms with Crippen LogP contribution in [0.4, 0.5) is 4.39 Å². The fourth-order valence-electron chi connectivity index (χ4n) is 2.02. The number of halogens is 1. The molecule has 0 bridgehead atoms. The highest BCUT2D eigenvalue weighted by Gasteiger charge is 2.09. The second kappa shape index (κ2) is 7.18. The first kappa shape index (κ1) is 15.4. The monoisotopic (exact) mass is 303 g/mol. The van der Waals surface area contributed by atoms with Gasteiger partial charge in [0.05, 0.1) is 5.56 Å². The van der Waals surface area contributed by atoms with Gasteiger partial charge in [0.25, 0.3) is 0 Å². The van der Waals surface area contributed by atoms with Crippen LogP contribution in [-0.2, 0) is 6.42 Å². The number of rotatable bonds is 6. The minimum Gasteiger partial charge on any atom is -0.457 e. The third-order valence-electron chi connectivity index (χ3n) is 3.18. The predicted molar refractivity (Wildman–Crippen MR) is 87.4 cm³/mol. The largest absolute Gasteiger partial charge is 0.457 e. The summed E-state index contributed by atoms with van der Waals surface area (Å²) in [6.07, 6.45) is 3.40. The Kier molecular flexibility index (Phi) is 5.28. The zero-order valence-corrected chi connectivity index (χ0v) is 12.8. The highest BCUT2D eigenvalue weighted by molar-refractivity contribution is 7.80. The van der Waals surface area contributed by atoms with Crippen LogP contribution in [-0.4, -0.2) is 4.99 Å². The van der Waals surface area contributed by atoms with Crippen molar-refractivity contribution in [2.24, 2.45) is 5.73 Å². The molecule has 110 valence electrons. The van der Waals surface area contributed by atoms with E-state index in [9.17, 15) is 4.39 Å². The fraction of sp³-hybridized carbons (Fsp3) is 0.235. The van der Waals surface area contributed by atoms with E-state index in [1.54, 1.807) is 0 Å². The molecule has 2 N–H and O–H groups in total. The normalized spacial score (nSPS) is 10.4. The topological polar surface area (TPSA) is 35.2 Å². The molecule has 0 aliphatic carbocycles. The number of thiocarbonyl (C=S) groups is 1. The predicted octanol–water partition coefficient (Wildman–Crippen LogP) is 4.59. The first-order valence-corrected chi connectivity index (χ1v) is 7.37. The molecule has 21 heavy (non-hydrogen) atoms. The summed E-state index contributed by atoms with van der Waals surface area (Å²) in [4.78, 5) is 0.115. The van der Waals surface area contributed by atoms with Crippen LogP contribution in [0.5, 0.6) is 11.5 Å². The zero-order chi connectivity index (χ0) is 15.2. The van der Waals surface area contributed by atoms with Crippen molar-refractivity contribution in [3.05, 3.63) is 59.4 Å². The van der Waals surface area contributed by atoms with Crippen LogP contribution in [0.3, 0.4) is 0 Å². The second-order valence-electron chi connectivity index (χ2n) is 4.85. The van der Waals surface area contributed by atoms with E-state index in [-0.39, 0.29) is 10.8 Å². The standard InChI is InChI=1S/C17H18FNOS/c1-2-3-4-12-5-8-14(9-6-12)20-16-10-7-13(18)11-15(16)17(19)21/h5-11H,2-4H2,1H3,(H2,19,21). The molecule has 0 aliphatic rings. The van der Waals surface area contributed by atoms with Crippen LogP contribution in [0.15, 0.2) is 42.5 Å². The number of hydrogen-bond acceptors (Lipinski definition) is 2. The number of ether oxygens (including phenoxy) is 1. The summed E-state index contributed by atoms with van der Waals surface area (Å²) < 4.78 is 19.0. The molecule has 0 saturated heterocycles. The van der Waals surface area contributed by atoms with Gasteiger partial charge in [-0.2, -0.15) is 0 Å². The van der Waals surface area contributed by atoms with Gasteiger partial charge in [-0.1, -0.05) is 37.7 Å². The van der Waals surface area contributed by atoms with Crippen molar-refractivity contribution in [3.8, 4) is 11.5 Å². The second-order valence-corrected chi connectivity index (χ2v) is 5.29. The molecular formula is C17H18FNOS. The van der Waals surface area contributed by atoms with E-state index < -0.39 is 0 Å². The molecule has 2 nitrogen and oxygen atoms in total. The molecule has 2 aromatic rings. The Morgan fingerprint density at radius 2 is 1.90 bits per heavy atom. The van der Waals surface area contributed by atoms with Gasteiger partial charge in [0.1, 0.15) is 22.3 Å². The molecule has 2 rings (SSSR count). The Labute approximate surface area is 129 Å². The molecule has 0 unspecified atom stereocenters. The maximum Gasteiger partial charge on any atom is 0.137 e. The van der Waals surface area contributed by atoms with E-state index in [4.69, 9.17) is 22.7 Å². The summed E-state index contributed by atoms with van der Waals surface area (Å²) in [6.45, 7) is 2.17. The lowest BCUT2D eigenvalue weighted by atomic mass is 10.1. The Balaban J connectivity index is 2.16. The maximum atomic E-state index is 13.2. The summed E-state index contributed by atoms with van der Waals surface area (Å²) >= 11 is 4.93. The van der Waals surface area contributed by atoms with Gasteiger partial charge in [0, 0.05) is 0 Å². The van der Waals surface area contributed by atoms with Crippen LogP contribution >= 0.6 is 12.2 Å². The Bertz CT molecular complexity index is 625. The van der Waals surface area contributed by atoms with Gasteiger partial charge in [-0.3, -0.25) is 0 Å². The molecule has 0 aromatic heterocycles. The molecule has 2 aromatic carbocycles. The van der Waals surface area contributed by atoms with Gasteiger partial charge >= 0.3 is 0 Å². The third-order valence-corrected chi connectivity index (χ3v) is 3.40. The van der Waals surface area contributed by atoms with Crippen molar-refractivity contribution in [2.75, 3.05) is 0 Å². The van der Waals surface area contributed by atoms with E-state index in [0.29, 0.717) is 17.1 Å². The van der Waals surface area contributed by atoms with Gasteiger partial charge in [0.15, 0.2) is 0 Å². The van der Waals surface area contributed by atoms with Crippen molar-refractivity contribution >= 4 is 17.2 Å². The lowest BCUT2D eigenvalue weighted by molar-refractivity contribution is 0.479. The van der Waals surface area contributed by atoms with Crippen molar-refractivity contribution in [3.63, 3.8) is 0 Å². The molecule has 0 fully saturated rings. The fourth-order valence-corrected chi connectivity index (χ4v) is 2.18. The number of aryl methyl sites for hydroxylation is 1. The highest BCUT2D eigenvalue weighted by atomic mass is 32.1. The van der Waals surface area contributed by atoms with Gasteiger partial charge in [-0.05, 0) is 48.7 Å². The van der Waals surface area contributed by atoms with Crippen molar-refractivity contribution < 1.29 is 9.13 Å². The molecule has 0 heterocycles. The van der Waals surface area contributed by atoms with Crippen molar-refractivity contribution in [1.82, 2.24) is 0 Å². The van der Waals surface area contributed by atoms with Crippen LogP contribution in [0.25, 0.3) is 0 Å². The van der Waals surface area contributed by atoms with Gasteiger partial charge in [0.2, 0.25) is 0 Å². The maximum absolute atomic E-state index is 13.2. The molecular weight excluding hydrogens is 285 g/mol. The first-order chi connectivity index (χ1) is 10.1. The smallest absolute Gasteiger partial charge is 0.137 e. The van der Waals surface area contributed by atoms with E-state index in [1.807, 2.05) is 24.3 Å². The zero-order valence-electron chi connectivity index (χ0n) is 11.9. The molecule has 4 heteroatoms. The van der Waals surface area contributed by atoms with E-state index in [0.717, 1.165) is 6.42 Å². The molecule has 0 radical (unpaired) electrons. The lowest BCUT2D eigenvalue weighted by Gasteiger charge is -2.11. The average molecular weight is 303 g/mol. The van der Waals surface area contributed by atoms with Gasteiger partial charge in [-0.15, -0.1) is 0 Å². The van der Waals surface area contributed by atoms with E-state index >= 15 is 0 Å². The highest BCUT2D eigenvalue weighted by Crippen LogP contribution is 2.26. The molecule has 0 saturated carbocycles. The van der Waals surface area contributed by atoms with E-state index in [2.05, 4.69) is 6.92 Å². The van der Waals surface area contributed by atoms with Crippen LogP contribution in [0, 0.1) is 5.82 Å². The molecule has 0 aliphatic heterocycles. The van der Waals surface area contributed by atoms with Crippen molar-refractivity contribution in [1.29, 1.82) is 0 Å². The summed E-state index contributed by atoms with van der Waals surface area (Å²) in [7, 11) is 0. The quantitative estimate of drug-likeness (QED) is 0.792. The summed E-state index contributed by atoms with van der Waals surface area (Å²) in [5, 5.41) is 0. The third kappa shape index (κ3) is 4.26. The van der Waals surface area contributed by atoms with E-state index in [1.165, 1.54) is 36.6 Å². The van der Waals surface area contributed by atoms with Crippen LogP contribution < -0.4 is 10.5 Å². The summed E-state index contributed by atoms with van der Waals surface area (Å²) in [6, 6.07) is 12.0. The summed E-state index contributed by atoms with van der Waals surface area (Å²) in [5.74, 6) is 0.754. The Hall–Kier alpha value is -1.94. The SMILES string of the molecule is CCCCc1ccc(Oc2ccc(F)cc2C(N)=S)cc1. The van der Waals surface area contributed by atoms with Crippen molar-refractivity contribution in [2.45, 2.75) is 26.2 Å². The number of unbranched alkanes of at least 4 members (excludes halogenated alkanes) is 1. The number of hydrogen-bond donors (Lipinski definition) is 1. The minimum atomic E-state index is -0.389. The Morgan fingerprint density at radius 1 is 1.19 bits per heavy atom. The number of benzene rings is 2. The lowest BCUT2D eigenvalue weighted by Crippen LogP contribution is -2.11. The molecule has 0 amide bonds. The average Bonchev–Trinajstić information content (AvgIpc) is 2.48. The van der Waals surface area contributed by atoms with Gasteiger partial charge < -0.3 is 10.5 Å². The molecule has 0 atom stereocenters. The first-order valence-electron chi connectivity index (χ1n) is 6.96. The molecule has 0 spiro atoms. The number of nitrogens with two attached hydrogens (primary N) is 1. The van der Waals surface area contributed by atoms with Crippen LogP contribution in [0.2, 0.25) is 0 Å². The van der Waals surface area contributed by atoms with Crippen LogP contribution in [0.1, 0.15) is 30.9 Å². The summed E-state index contributed by atoms with van der Waals surface area (Å²) in [5.41, 5.74) is 7.28. The van der Waals surface area contributed by atoms with Gasteiger partial charge in [-0.25, -0.2) is 4.39 Å². The minimum absolute atomic E-state index is 0.115.